The summed E-state index contributed by atoms with van der Waals surface area (Å²) in [6.45, 7) is 1.30. The molecule has 1 unspecified atom stereocenters. The van der Waals surface area contributed by atoms with Crippen LogP contribution in [0.15, 0.2) is 24.3 Å². The lowest BCUT2D eigenvalue weighted by molar-refractivity contribution is 0.202. The van der Waals surface area contributed by atoms with Gasteiger partial charge in [0.2, 0.25) is 0 Å². The second-order valence-electron chi connectivity index (χ2n) is 5.15. The van der Waals surface area contributed by atoms with Crippen molar-refractivity contribution in [1.82, 2.24) is 5.32 Å². The van der Waals surface area contributed by atoms with Gasteiger partial charge in [-0.15, -0.1) is 0 Å². The van der Waals surface area contributed by atoms with Gasteiger partial charge in [0, 0.05) is 19.6 Å². The molecule has 0 bridgehead atoms. The van der Waals surface area contributed by atoms with Crippen molar-refractivity contribution in [2.45, 2.75) is 37.8 Å². The fraction of sp³-hybridized carbons (Fsp3) is 0.562. The summed E-state index contributed by atoms with van der Waals surface area (Å²) in [7, 11) is 1.71. The fourth-order valence-corrected chi connectivity index (χ4v) is 1.99. The van der Waals surface area contributed by atoms with E-state index >= 15 is 0 Å². The van der Waals surface area contributed by atoms with Crippen LogP contribution in [-0.4, -0.2) is 32.4 Å². The Hall–Kier alpha value is -1.57. The molecule has 0 spiro atoms. The van der Waals surface area contributed by atoms with E-state index in [4.69, 9.17) is 14.7 Å². The minimum Gasteiger partial charge on any atom is -0.493 e. The van der Waals surface area contributed by atoms with Crippen molar-refractivity contribution in [3.63, 3.8) is 0 Å². The van der Waals surface area contributed by atoms with Crippen molar-refractivity contribution >= 4 is 0 Å². The first-order valence-electron chi connectivity index (χ1n) is 7.18. The van der Waals surface area contributed by atoms with E-state index in [1.807, 2.05) is 12.1 Å². The molecule has 0 heterocycles. The summed E-state index contributed by atoms with van der Waals surface area (Å²) in [6, 6.07) is 10.8. The van der Waals surface area contributed by atoms with E-state index in [1.165, 1.54) is 18.4 Å². The zero-order chi connectivity index (χ0) is 14.2. The van der Waals surface area contributed by atoms with Gasteiger partial charge in [-0.2, -0.15) is 5.26 Å². The van der Waals surface area contributed by atoms with Gasteiger partial charge in [-0.1, -0.05) is 12.1 Å². The Bertz CT molecular complexity index is 435. The van der Waals surface area contributed by atoms with E-state index in [1.54, 1.807) is 7.11 Å². The second kappa shape index (κ2) is 7.88. The summed E-state index contributed by atoms with van der Waals surface area (Å²) in [5.74, 6) is 0.856. The van der Waals surface area contributed by atoms with Gasteiger partial charge in [-0.05, 0) is 37.0 Å². The van der Waals surface area contributed by atoms with Crippen molar-refractivity contribution in [1.29, 1.82) is 5.26 Å². The fourth-order valence-electron chi connectivity index (χ4n) is 1.99. The predicted octanol–water partition coefficient (Wildman–Crippen LogP) is 2.29. The lowest BCUT2D eigenvalue weighted by atomic mass is 10.1. The molecule has 0 aliphatic heterocycles. The van der Waals surface area contributed by atoms with Gasteiger partial charge < -0.3 is 9.47 Å². The molecule has 1 fully saturated rings. The highest BCUT2D eigenvalue weighted by Crippen LogP contribution is 2.20. The third kappa shape index (κ3) is 5.20. The van der Waals surface area contributed by atoms with Crippen LogP contribution < -0.4 is 10.1 Å². The minimum atomic E-state index is -0.0940. The molecule has 0 radical (unpaired) electrons. The van der Waals surface area contributed by atoms with Crippen molar-refractivity contribution in [3.8, 4) is 11.8 Å². The highest BCUT2D eigenvalue weighted by molar-refractivity contribution is 5.27. The van der Waals surface area contributed by atoms with E-state index < -0.39 is 0 Å². The molecule has 1 aromatic carbocycles. The molecule has 2 rings (SSSR count). The average molecular weight is 274 g/mol. The van der Waals surface area contributed by atoms with Crippen LogP contribution in [0.25, 0.3) is 0 Å². The molecular formula is C16H22N2O2. The largest absolute Gasteiger partial charge is 0.493 e. The first-order valence-corrected chi connectivity index (χ1v) is 7.18. The van der Waals surface area contributed by atoms with E-state index in [0.29, 0.717) is 12.6 Å². The summed E-state index contributed by atoms with van der Waals surface area (Å²) >= 11 is 0. The molecule has 1 atom stereocenters. The Morgan fingerprint density at radius 1 is 1.30 bits per heavy atom. The molecule has 108 valence electrons. The topological polar surface area (TPSA) is 54.3 Å². The summed E-state index contributed by atoms with van der Waals surface area (Å²) < 4.78 is 10.7. The van der Waals surface area contributed by atoms with Crippen molar-refractivity contribution in [3.05, 3.63) is 29.8 Å². The maximum Gasteiger partial charge on any atom is 0.119 e. The summed E-state index contributed by atoms with van der Waals surface area (Å²) in [5, 5.41) is 12.3. The van der Waals surface area contributed by atoms with Gasteiger partial charge >= 0.3 is 0 Å². The van der Waals surface area contributed by atoms with Gasteiger partial charge in [0.15, 0.2) is 0 Å². The zero-order valence-corrected chi connectivity index (χ0v) is 12.0. The Balaban J connectivity index is 1.68. The molecule has 1 saturated carbocycles. The third-order valence-electron chi connectivity index (χ3n) is 3.36. The molecule has 1 N–H and O–H groups in total. The van der Waals surface area contributed by atoms with Crippen LogP contribution >= 0.6 is 0 Å². The van der Waals surface area contributed by atoms with Crippen LogP contribution in [0.1, 0.15) is 24.8 Å². The highest BCUT2D eigenvalue weighted by atomic mass is 16.5. The summed E-state index contributed by atoms with van der Waals surface area (Å²) in [5.41, 5.74) is 1.24. The molecule has 0 aromatic heterocycles. The van der Waals surface area contributed by atoms with E-state index in [9.17, 15) is 0 Å². The van der Waals surface area contributed by atoms with Gasteiger partial charge in [0.25, 0.3) is 0 Å². The Kier molecular flexibility index (Phi) is 5.85. The minimum absolute atomic E-state index is 0.0940. The monoisotopic (exact) mass is 274 g/mol. The number of hydrogen-bond acceptors (Lipinski definition) is 4. The summed E-state index contributed by atoms with van der Waals surface area (Å²) in [6.07, 6.45) is 4.03. The van der Waals surface area contributed by atoms with Crippen LogP contribution in [0.4, 0.5) is 0 Å². The molecule has 4 nitrogen and oxygen atoms in total. The molecule has 20 heavy (non-hydrogen) atoms. The van der Waals surface area contributed by atoms with Crippen LogP contribution in [0.2, 0.25) is 0 Å². The lowest BCUT2D eigenvalue weighted by Gasteiger charge is -2.12. The number of nitrogens with zero attached hydrogens (tertiary/aromatic N) is 1. The van der Waals surface area contributed by atoms with Crippen LogP contribution in [0.3, 0.4) is 0 Å². The molecule has 1 aromatic rings. The number of hydrogen-bond donors (Lipinski definition) is 1. The number of rotatable bonds is 9. The van der Waals surface area contributed by atoms with E-state index in [0.717, 1.165) is 25.2 Å². The maximum atomic E-state index is 9.04. The van der Waals surface area contributed by atoms with Crippen LogP contribution in [-0.2, 0) is 11.2 Å². The van der Waals surface area contributed by atoms with Gasteiger partial charge in [-0.3, -0.25) is 5.32 Å². The zero-order valence-electron chi connectivity index (χ0n) is 12.0. The number of nitriles is 1. The normalized spacial score (nSPS) is 15.6. The first-order chi connectivity index (χ1) is 9.81. The quantitative estimate of drug-likeness (QED) is 0.750. The van der Waals surface area contributed by atoms with Crippen LogP contribution in [0.5, 0.6) is 5.75 Å². The smallest absolute Gasteiger partial charge is 0.119 e. The highest BCUT2D eigenvalue weighted by Gasteiger charge is 2.24. The Morgan fingerprint density at radius 2 is 2.05 bits per heavy atom. The third-order valence-corrected chi connectivity index (χ3v) is 3.36. The number of nitrogens with one attached hydrogen (secondary N) is 1. The molecule has 0 saturated heterocycles. The molecule has 0 amide bonds. The summed E-state index contributed by atoms with van der Waals surface area (Å²) in [4.78, 5) is 0. The first kappa shape index (κ1) is 14.8. The molecule has 4 heteroatoms. The van der Waals surface area contributed by atoms with Crippen molar-refractivity contribution in [2.24, 2.45) is 0 Å². The Labute approximate surface area is 120 Å². The van der Waals surface area contributed by atoms with Gasteiger partial charge in [-0.25, -0.2) is 0 Å². The molecule has 1 aliphatic carbocycles. The maximum absolute atomic E-state index is 9.04. The van der Waals surface area contributed by atoms with E-state index in [-0.39, 0.29) is 6.04 Å². The molecular weight excluding hydrogens is 252 g/mol. The lowest BCUT2D eigenvalue weighted by Crippen LogP contribution is -2.31. The van der Waals surface area contributed by atoms with E-state index in [2.05, 4.69) is 23.5 Å². The number of ether oxygens (including phenoxy) is 2. The SMILES string of the molecule is COCCc1ccc(OCCC(C#N)NC2CC2)cc1. The van der Waals surface area contributed by atoms with Gasteiger partial charge in [0.05, 0.1) is 25.3 Å². The average Bonchev–Trinajstić information content (AvgIpc) is 3.29. The molecule has 1 aliphatic rings. The second-order valence-corrected chi connectivity index (χ2v) is 5.15. The van der Waals surface area contributed by atoms with Crippen molar-refractivity contribution in [2.75, 3.05) is 20.3 Å². The van der Waals surface area contributed by atoms with Crippen molar-refractivity contribution < 1.29 is 9.47 Å². The standard InChI is InChI=1S/C16H22N2O2/c1-19-10-8-13-2-6-16(7-3-13)20-11-9-15(12-17)18-14-4-5-14/h2-3,6-7,14-15,18H,4-5,8-11H2,1H3. The van der Waals surface area contributed by atoms with Crippen LogP contribution in [0, 0.1) is 11.3 Å². The Morgan fingerprint density at radius 3 is 2.65 bits per heavy atom. The predicted molar refractivity (Wildman–Crippen MR) is 77.7 cm³/mol. The number of methoxy groups -OCH3 is 1. The number of benzene rings is 1. The van der Waals surface area contributed by atoms with Gasteiger partial charge in [0.1, 0.15) is 5.75 Å².